The van der Waals surface area contributed by atoms with E-state index >= 15 is 0 Å². The molecular weight excluding hydrogens is 364 g/mol. The van der Waals surface area contributed by atoms with Crippen LogP contribution in [0.3, 0.4) is 0 Å². The van der Waals surface area contributed by atoms with Crippen molar-refractivity contribution in [3.63, 3.8) is 0 Å². The van der Waals surface area contributed by atoms with Crippen LogP contribution in [0.5, 0.6) is 5.75 Å². The van der Waals surface area contributed by atoms with Gasteiger partial charge in [-0.2, -0.15) is 0 Å². The quantitative estimate of drug-likeness (QED) is 0.786. The first-order valence-electron chi connectivity index (χ1n) is 9.28. The van der Waals surface area contributed by atoms with Crippen molar-refractivity contribution < 1.29 is 14.3 Å². The molecule has 144 valence electrons. The lowest BCUT2D eigenvalue weighted by Crippen LogP contribution is -2.37. The summed E-state index contributed by atoms with van der Waals surface area (Å²) in [5, 5.41) is 3.45. The molecule has 1 amide bonds. The van der Waals surface area contributed by atoms with Crippen molar-refractivity contribution in [1.82, 2.24) is 5.32 Å². The number of benzene rings is 2. The van der Waals surface area contributed by atoms with Crippen LogP contribution in [0, 0.1) is 0 Å². The number of ether oxygens (including phenoxy) is 2. The Labute approximate surface area is 165 Å². The van der Waals surface area contributed by atoms with E-state index in [4.69, 9.17) is 21.1 Å². The fourth-order valence-corrected chi connectivity index (χ4v) is 3.15. The number of nitrogens with zero attached hydrogens (tertiary/aromatic N) is 1. The molecule has 0 spiro atoms. The van der Waals surface area contributed by atoms with Crippen LogP contribution in [0.1, 0.15) is 18.9 Å². The molecule has 0 bridgehead atoms. The van der Waals surface area contributed by atoms with E-state index < -0.39 is 6.10 Å². The number of morpholine rings is 1. The zero-order valence-corrected chi connectivity index (χ0v) is 16.2. The lowest BCUT2D eigenvalue weighted by Gasteiger charge is -2.29. The van der Waals surface area contributed by atoms with Crippen LogP contribution in [0.25, 0.3) is 0 Å². The zero-order chi connectivity index (χ0) is 19.1. The first kappa shape index (κ1) is 19.5. The Balaban J connectivity index is 1.53. The van der Waals surface area contributed by atoms with Gasteiger partial charge in [0.15, 0.2) is 6.10 Å². The highest BCUT2D eigenvalue weighted by Crippen LogP contribution is 2.25. The van der Waals surface area contributed by atoms with Crippen LogP contribution in [0.2, 0.25) is 5.02 Å². The van der Waals surface area contributed by atoms with Crippen molar-refractivity contribution >= 4 is 23.2 Å². The summed E-state index contributed by atoms with van der Waals surface area (Å²) < 4.78 is 11.2. The normalized spacial score (nSPS) is 15.3. The Bertz CT molecular complexity index is 745. The predicted molar refractivity (Wildman–Crippen MR) is 107 cm³/mol. The fraction of sp³-hybridized carbons (Fsp3) is 0.381. The van der Waals surface area contributed by atoms with Crippen LogP contribution < -0.4 is 15.0 Å². The Hall–Kier alpha value is -2.24. The van der Waals surface area contributed by atoms with Crippen LogP contribution in [0.15, 0.2) is 48.5 Å². The number of halogens is 1. The zero-order valence-electron chi connectivity index (χ0n) is 15.5. The molecule has 1 heterocycles. The molecule has 27 heavy (non-hydrogen) atoms. The number of hydrogen-bond donors (Lipinski definition) is 1. The number of carbonyl (C=O) groups excluding carboxylic acids is 1. The van der Waals surface area contributed by atoms with Gasteiger partial charge in [0.2, 0.25) is 0 Å². The van der Waals surface area contributed by atoms with Crippen LogP contribution in [-0.2, 0) is 16.1 Å². The van der Waals surface area contributed by atoms with E-state index in [-0.39, 0.29) is 5.91 Å². The van der Waals surface area contributed by atoms with Gasteiger partial charge in [-0.3, -0.25) is 4.79 Å². The van der Waals surface area contributed by atoms with E-state index in [1.807, 2.05) is 31.2 Å². The second kappa shape index (κ2) is 9.62. The SMILES string of the molecule is CC[C@H](Oc1ccccc1Cl)C(=O)NCc1ccc(N2CCOCC2)cc1. The van der Waals surface area contributed by atoms with E-state index in [1.54, 1.807) is 12.1 Å². The Morgan fingerprint density at radius 1 is 1.19 bits per heavy atom. The van der Waals surface area contributed by atoms with Crippen molar-refractivity contribution in [2.24, 2.45) is 0 Å². The summed E-state index contributed by atoms with van der Waals surface area (Å²) in [6.45, 7) is 5.73. The van der Waals surface area contributed by atoms with Gasteiger partial charge < -0.3 is 19.7 Å². The summed E-state index contributed by atoms with van der Waals surface area (Å²) in [7, 11) is 0. The molecule has 2 aromatic carbocycles. The number of anilines is 1. The molecular formula is C21H25ClN2O3. The summed E-state index contributed by atoms with van der Waals surface area (Å²) in [5.41, 5.74) is 2.23. The minimum Gasteiger partial charge on any atom is -0.479 e. The van der Waals surface area contributed by atoms with Gasteiger partial charge in [-0.1, -0.05) is 42.8 Å². The Morgan fingerprint density at radius 3 is 2.56 bits per heavy atom. The van der Waals surface area contributed by atoms with Crippen molar-refractivity contribution in [2.75, 3.05) is 31.2 Å². The largest absolute Gasteiger partial charge is 0.479 e. The van der Waals surface area contributed by atoms with Gasteiger partial charge in [0.25, 0.3) is 5.91 Å². The molecule has 1 aliphatic heterocycles. The number of carbonyl (C=O) groups is 1. The first-order valence-corrected chi connectivity index (χ1v) is 9.65. The van der Waals surface area contributed by atoms with E-state index in [1.165, 1.54) is 5.69 Å². The van der Waals surface area contributed by atoms with Gasteiger partial charge >= 0.3 is 0 Å². The van der Waals surface area contributed by atoms with Crippen molar-refractivity contribution in [2.45, 2.75) is 26.0 Å². The summed E-state index contributed by atoms with van der Waals surface area (Å²) in [6, 6.07) is 15.4. The van der Waals surface area contributed by atoms with E-state index in [9.17, 15) is 4.79 Å². The lowest BCUT2D eigenvalue weighted by molar-refractivity contribution is -0.128. The molecule has 1 aliphatic rings. The average molecular weight is 389 g/mol. The minimum absolute atomic E-state index is 0.144. The average Bonchev–Trinajstić information content (AvgIpc) is 2.72. The maximum atomic E-state index is 12.5. The molecule has 1 N–H and O–H groups in total. The van der Waals surface area contributed by atoms with Gasteiger partial charge in [-0.15, -0.1) is 0 Å². The second-order valence-electron chi connectivity index (χ2n) is 6.43. The van der Waals surface area contributed by atoms with Crippen LogP contribution in [-0.4, -0.2) is 38.3 Å². The lowest BCUT2D eigenvalue weighted by atomic mass is 10.1. The van der Waals surface area contributed by atoms with Crippen LogP contribution >= 0.6 is 11.6 Å². The summed E-state index contributed by atoms with van der Waals surface area (Å²) in [5.74, 6) is 0.380. The highest BCUT2D eigenvalue weighted by Gasteiger charge is 2.19. The van der Waals surface area contributed by atoms with Crippen molar-refractivity contribution in [3.05, 3.63) is 59.1 Å². The maximum absolute atomic E-state index is 12.5. The second-order valence-corrected chi connectivity index (χ2v) is 6.84. The highest BCUT2D eigenvalue weighted by molar-refractivity contribution is 6.32. The molecule has 5 nitrogen and oxygen atoms in total. The van der Waals surface area contributed by atoms with E-state index in [0.717, 1.165) is 31.9 Å². The fourth-order valence-electron chi connectivity index (χ4n) is 2.96. The molecule has 0 unspecified atom stereocenters. The monoisotopic (exact) mass is 388 g/mol. The standard InChI is InChI=1S/C21H25ClN2O3/c1-2-19(27-20-6-4-3-5-18(20)22)21(25)23-15-16-7-9-17(10-8-16)24-11-13-26-14-12-24/h3-10,19H,2,11-15H2,1H3,(H,23,25)/t19-/m0/s1. The summed E-state index contributed by atoms with van der Waals surface area (Å²) >= 11 is 6.11. The minimum atomic E-state index is -0.572. The third-order valence-corrected chi connectivity index (χ3v) is 4.86. The smallest absolute Gasteiger partial charge is 0.261 e. The summed E-state index contributed by atoms with van der Waals surface area (Å²) in [4.78, 5) is 14.8. The van der Waals surface area contributed by atoms with Crippen LogP contribution in [0.4, 0.5) is 5.69 Å². The Morgan fingerprint density at radius 2 is 1.89 bits per heavy atom. The molecule has 0 saturated carbocycles. The van der Waals surface area contributed by atoms with E-state index in [2.05, 4.69) is 22.3 Å². The van der Waals surface area contributed by atoms with Gasteiger partial charge in [-0.25, -0.2) is 0 Å². The molecule has 6 heteroatoms. The molecule has 1 atom stereocenters. The molecule has 3 rings (SSSR count). The molecule has 0 aliphatic carbocycles. The number of hydrogen-bond acceptors (Lipinski definition) is 4. The topological polar surface area (TPSA) is 50.8 Å². The molecule has 0 radical (unpaired) electrons. The van der Waals surface area contributed by atoms with Gasteiger partial charge in [0, 0.05) is 25.3 Å². The highest BCUT2D eigenvalue weighted by atomic mass is 35.5. The third kappa shape index (κ3) is 5.37. The maximum Gasteiger partial charge on any atom is 0.261 e. The van der Waals surface area contributed by atoms with Gasteiger partial charge in [0.1, 0.15) is 5.75 Å². The van der Waals surface area contributed by atoms with Crippen molar-refractivity contribution in [1.29, 1.82) is 0 Å². The molecule has 2 aromatic rings. The van der Waals surface area contributed by atoms with E-state index in [0.29, 0.717) is 23.7 Å². The molecule has 1 saturated heterocycles. The number of amides is 1. The first-order chi connectivity index (χ1) is 13.2. The molecule has 0 aromatic heterocycles. The number of rotatable bonds is 7. The number of para-hydroxylation sites is 1. The third-order valence-electron chi connectivity index (χ3n) is 4.55. The van der Waals surface area contributed by atoms with Crippen molar-refractivity contribution in [3.8, 4) is 5.75 Å². The Kier molecular flexibility index (Phi) is 6.96. The number of nitrogens with one attached hydrogen (secondary N) is 1. The van der Waals surface area contributed by atoms with Gasteiger partial charge in [-0.05, 0) is 36.2 Å². The molecule has 1 fully saturated rings. The predicted octanol–water partition coefficient (Wildman–Crippen LogP) is 3.65. The summed E-state index contributed by atoms with van der Waals surface area (Å²) in [6.07, 6.45) is -0.00921. The van der Waals surface area contributed by atoms with Gasteiger partial charge in [0.05, 0.1) is 18.2 Å².